The van der Waals surface area contributed by atoms with E-state index in [1.807, 2.05) is 0 Å². The van der Waals surface area contributed by atoms with Gasteiger partial charge in [-0.2, -0.15) is 0 Å². The summed E-state index contributed by atoms with van der Waals surface area (Å²) in [5, 5.41) is 0. The summed E-state index contributed by atoms with van der Waals surface area (Å²) >= 11 is 0. The Morgan fingerprint density at radius 1 is 1.57 bits per heavy atom. The Labute approximate surface area is 82.3 Å². The van der Waals surface area contributed by atoms with Gasteiger partial charge in [0.1, 0.15) is 5.82 Å². The van der Waals surface area contributed by atoms with Gasteiger partial charge in [0.15, 0.2) is 5.67 Å². The van der Waals surface area contributed by atoms with Gasteiger partial charge in [0.2, 0.25) is 0 Å². The molecule has 76 valence electrons. The number of alkyl halides is 1. The largest absolute Gasteiger partial charge is 0.383 e. The zero-order chi connectivity index (χ0) is 10.2. The first-order valence-corrected chi connectivity index (χ1v) is 4.78. The number of hydrogen-bond donors (Lipinski definition) is 2. The van der Waals surface area contributed by atoms with Gasteiger partial charge in [-0.15, -0.1) is 0 Å². The SMILES string of the molecule is NCC(F)(c1cccnc1N)C1CC1. The van der Waals surface area contributed by atoms with Crippen molar-refractivity contribution in [3.05, 3.63) is 23.9 Å². The zero-order valence-electron chi connectivity index (χ0n) is 7.91. The third kappa shape index (κ3) is 1.35. The maximum Gasteiger partial charge on any atom is 0.154 e. The quantitative estimate of drug-likeness (QED) is 0.761. The van der Waals surface area contributed by atoms with Gasteiger partial charge in [0, 0.05) is 18.3 Å². The lowest BCUT2D eigenvalue weighted by molar-refractivity contribution is 0.143. The molecule has 1 heterocycles. The molecule has 0 aliphatic heterocycles. The van der Waals surface area contributed by atoms with Crippen LogP contribution < -0.4 is 11.5 Å². The van der Waals surface area contributed by atoms with Gasteiger partial charge in [-0.3, -0.25) is 0 Å². The molecule has 1 aliphatic rings. The summed E-state index contributed by atoms with van der Waals surface area (Å²) < 4.78 is 14.5. The lowest BCUT2D eigenvalue weighted by Gasteiger charge is -2.24. The molecule has 3 nitrogen and oxygen atoms in total. The molecule has 1 fully saturated rings. The molecule has 0 amide bonds. The van der Waals surface area contributed by atoms with Gasteiger partial charge in [-0.25, -0.2) is 9.37 Å². The average Bonchev–Trinajstić information content (AvgIpc) is 3.01. The highest BCUT2D eigenvalue weighted by Gasteiger charge is 2.47. The van der Waals surface area contributed by atoms with Gasteiger partial charge in [-0.1, -0.05) is 6.07 Å². The van der Waals surface area contributed by atoms with Crippen molar-refractivity contribution in [2.75, 3.05) is 12.3 Å². The van der Waals surface area contributed by atoms with Gasteiger partial charge >= 0.3 is 0 Å². The molecular weight excluding hydrogens is 181 g/mol. The Hall–Kier alpha value is -1.16. The molecule has 0 saturated heterocycles. The van der Waals surface area contributed by atoms with E-state index in [1.54, 1.807) is 18.3 Å². The molecule has 1 aromatic rings. The number of aromatic nitrogens is 1. The minimum absolute atomic E-state index is 0.0203. The molecule has 1 unspecified atom stereocenters. The predicted octanol–water partition coefficient (Wildman–Crippen LogP) is 1.20. The van der Waals surface area contributed by atoms with Gasteiger partial charge in [0.25, 0.3) is 0 Å². The summed E-state index contributed by atoms with van der Waals surface area (Å²) in [7, 11) is 0. The molecule has 0 aromatic carbocycles. The molecule has 0 bridgehead atoms. The van der Waals surface area contributed by atoms with E-state index in [9.17, 15) is 4.39 Å². The first-order chi connectivity index (χ1) is 6.68. The summed E-state index contributed by atoms with van der Waals surface area (Å²) in [6.07, 6.45) is 3.34. The summed E-state index contributed by atoms with van der Waals surface area (Å²) in [6, 6.07) is 3.37. The number of halogens is 1. The highest BCUT2D eigenvalue weighted by Crippen LogP contribution is 2.48. The van der Waals surface area contributed by atoms with E-state index in [1.165, 1.54) is 0 Å². The van der Waals surface area contributed by atoms with Crippen LogP contribution in [-0.4, -0.2) is 11.5 Å². The Morgan fingerprint density at radius 2 is 2.29 bits per heavy atom. The van der Waals surface area contributed by atoms with Crippen LogP contribution in [0, 0.1) is 5.92 Å². The summed E-state index contributed by atoms with van der Waals surface area (Å²) in [5.74, 6) is 0.284. The maximum absolute atomic E-state index is 14.5. The number of nitrogen functional groups attached to an aromatic ring is 1. The van der Waals surface area contributed by atoms with Crippen molar-refractivity contribution in [3.8, 4) is 0 Å². The molecule has 0 radical (unpaired) electrons. The van der Waals surface area contributed by atoms with Crippen LogP contribution in [0.15, 0.2) is 18.3 Å². The molecule has 1 atom stereocenters. The fourth-order valence-corrected chi connectivity index (χ4v) is 1.81. The third-order valence-electron chi connectivity index (χ3n) is 2.81. The highest BCUT2D eigenvalue weighted by molar-refractivity contribution is 5.44. The van der Waals surface area contributed by atoms with E-state index < -0.39 is 5.67 Å². The lowest BCUT2D eigenvalue weighted by Crippen LogP contribution is -2.33. The maximum atomic E-state index is 14.5. The van der Waals surface area contributed by atoms with Crippen LogP contribution in [-0.2, 0) is 5.67 Å². The Bertz CT molecular complexity index is 338. The Balaban J connectivity index is 2.40. The molecule has 14 heavy (non-hydrogen) atoms. The fraction of sp³-hybridized carbons (Fsp3) is 0.500. The predicted molar refractivity (Wildman–Crippen MR) is 53.2 cm³/mol. The molecule has 4 N–H and O–H groups in total. The molecular formula is C10H14FN3. The van der Waals surface area contributed by atoms with E-state index >= 15 is 0 Å². The normalized spacial score (nSPS) is 20.4. The van der Waals surface area contributed by atoms with E-state index in [4.69, 9.17) is 11.5 Å². The summed E-state index contributed by atoms with van der Waals surface area (Å²) in [5.41, 5.74) is 10.1. The molecule has 2 rings (SSSR count). The summed E-state index contributed by atoms with van der Waals surface area (Å²) in [4.78, 5) is 3.89. The monoisotopic (exact) mass is 195 g/mol. The minimum Gasteiger partial charge on any atom is -0.383 e. The van der Waals surface area contributed by atoms with Crippen LogP contribution in [0.3, 0.4) is 0 Å². The van der Waals surface area contributed by atoms with E-state index in [-0.39, 0.29) is 18.3 Å². The number of anilines is 1. The highest BCUT2D eigenvalue weighted by atomic mass is 19.1. The molecule has 1 aromatic heterocycles. The first-order valence-electron chi connectivity index (χ1n) is 4.78. The Morgan fingerprint density at radius 3 is 2.79 bits per heavy atom. The van der Waals surface area contributed by atoms with Crippen molar-refractivity contribution in [1.82, 2.24) is 4.98 Å². The van der Waals surface area contributed by atoms with Crippen LogP contribution >= 0.6 is 0 Å². The second-order valence-electron chi connectivity index (χ2n) is 3.78. The standard InChI is InChI=1S/C10H14FN3/c11-10(6-12,7-3-4-7)8-2-1-5-14-9(8)13/h1-2,5,7H,3-4,6,12H2,(H2,13,14). The topological polar surface area (TPSA) is 64.9 Å². The first kappa shape index (κ1) is 9.40. The van der Waals surface area contributed by atoms with Crippen LogP contribution in [0.2, 0.25) is 0 Å². The smallest absolute Gasteiger partial charge is 0.154 e. The average molecular weight is 195 g/mol. The zero-order valence-corrected chi connectivity index (χ0v) is 7.91. The molecule has 0 spiro atoms. The van der Waals surface area contributed by atoms with Crippen molar-refractivity contribution in [2.45, 2.75) is 18.5 Å². The van der Waals surface area contributed by atoms with E-state index in [0.29, 0.717) is 5.56 Å². The van der Waals surface area contributed by atoms with Gasteiger partial charge in [-0.05, 0) is 24.8 Å². The van der Waals surface area contributed by atoms with E-state index in [0.717, 1.165) is 12.8 Å². The summed E-state index contributed by atoms with van der Waals surface area (Å²) in [6.45, 7) is -0.0203. The number of nitrogens with zero attached hydrogens (tertiary/aromatic N) is 1. The minimum atomic E-state index is -1.47. The molecule has 1 saturated carbocycles. The van der Waals surface area contributed by atoms with Crippen LogP contribution in [0.5, 0.6) is 0 Å². The van der Waals surface area contributed by atoms with E-state index in [2.05, 4.69) is 4.98 Å². The van der Waals surface area contributed by atoms with Crippen LogP contribution in [0.25, 0.3) is 0 Å². The van der Waals surface area contributed by atoms with Crippen LogP contribution in [0.4, 0.5) is 10.2 Å². The molecule has 1 aliphatic carbocycles. The van der Waals surface area contributed by atoms with Crippen molar-refractivity contribution in [3.63, 3.8) is 0 Å². The number of nitrogens with two attached hydrogens (primary N) is 2. The molecule has 4 heteroatoms. The van der Waals surface area contributed by atoms with Crippen molar-refractivity contribution in [2.24, 2.45) is 11.7 Å². The van der Waals surface area contributed by atoms with Crippen molar-refractivity contribution < 1.29 is 4.39 Å². The van der Waals surface area contributed by atoms with Gasteiger partial charge < -0.3 is 11.5 Å². The second kappa shape index (κ2) is 3.20. The second-order valence-corrected chi connectivity index (χ2v) is 3.78. The lowest BCUT2D eigenvalue weighted by atomic mass is 9.91. The Kier molecular flexibility index (Phi) is 2.15. The van der Waals surface area contributed by atoms with Crippen molar-refractivity contribution in [1.29, 1.82) is 0 Å². The third-order valence-corrected chi connectivity index (χ3v) is 2.81. The fourth-order valence-electron chi connectivity index (χ4n) is 1.81. The number of hydrogen-bond acceptors (Lipinski definition) is 3. The van der Waals surface area contributed by atoms with Crippen LogP contribution in [0.1, 0.15) is 18.4 Å². The van der Waals surface area contributed by atoms with Crippen molar-refractivity contribution >= 4 is 5.82 Å². The number of rotatable bonds is 3. The van der Waals surface area contributed by atoms with Gasteiger partial charge in [0.05, 0.1) is 0 Å². The number of pyridine rings is 1.